The van der Waals surface area contributed by atoms with Crippen LogP contribution < -0.4 is 16.0 Å². The van der Waals surface area contributed by atoms with E-state index in [1.54, 1.807) is 60.7 Å². The summed E-state index contributed by atoms with van der Waals surface area (Å²) in [4.78, 5) is 44.3. The Hall–Kier alpha value is -4.15. The number of halogens is 2. The number of nitrogens with zero attached hydrogens (tertiary/aromatic N) is 1. The Morgan fingerprint density at radius 3 is 2.33 bits per heavy atom. The lowest BCUT2D eigenvalue weighted by atomic mass is 10.1. The average Bonchev–Trinajstić information content (AvgIpc) is 3.42. The Morgan fingerprint density at radius 2 is 1.58 bits per heavy atom. The summed E-state index contributed by atoms with van der Waals surface area (Å²) >= 11 is 15.3. The molecule has 5 rings (SSSR count). The van der Waals surface area contributed by atoms with Gasteiger partial charge in [0.1, 0.15) is 5.70 Å². The molecule has 3 amide bonds. The first-order valence-corrected chi connectivity index (χ1v) is 15.5. The van der Waals surface area contributed by atoms with Crippen molar-refractivity contribution in [2.24, 2.45) is 0 Å². The van der Waals surface area contributed by atoms with E-state index in [1.807, 2.05) is 43.3 Å². The number of thiazole rings is 1. The van der Waals surface area contributed by atoms with Crippen LogP contribution in [0.5, 0.6) is 0 Å². The van der Waals surface area contributed by atoms with Crippen molar-refractivity contribution in [2.45, 2.75) is 17.1 Å². The fraction of sp³-hybridized carbons (Fsp3) is 0.0625. The fourth-order valence-corrected chi connectivity index (χ4v) is 6.03. The van der Waals surface area contributed by atoms with Gasteiger partial charge in [-0.3, -0.25) is 14.4 Å². The van der Waals surface area contributed by atoms with Gasteiger partial charge in [0, 0.05) is 16.1 Å². The van der Waals surface area contributed by atoms with Crippen molar-refractivity contribution in [2.75, 3.05) is 10.6 Å². The van der Waals surface area contributed by atoms with E-state index in [0.717, 1.165) is 15.1 Å². The second-order valence-electron chi connectivity index (χ2n) is 9.24. The Kier molecular flexibility index (Phi) is 9.79. The molecule has 0 saturated heterocycles. The average molecular weight is 648 g/mol. The van der Waals surface area contributed by atoms with E-state index in [1.165, 1.54) is 29.2 Å². The summed E-state index contributed by atoms with van der Waals surface area (Å²) in [5.41, 5.74) is 2.18. The van der Waals surface area contributed by atoms with Crippen LogP contribution in [0.3, 0.4) is 0 Å². The van der Waals surface area contributed by atoms with E-state index in [2.05, 4.69) is 20.9 Å². The Morgan fingerprint density at radius 1 is 0.860 bits per heavy atom. The quantitative estimate of drug-likeness (QED) is 0.111. The second-order valence-corrected chi connectivity index (χ2v) is 12.5. The molecule has 0 radical (unpaired) electrons. The second kappa shape index (κ2) is 13.9. The number of carbonyl (C=O) groups excluding carboxylic acids is 3. The molecule has 0 aliphatic rings. The minimum absolute atomic E-state index is 0.0170. The van der Waals surface area contributed by atoms with Crippen LogP contribution in [-0.2, 0) is 9.59 Å². The minimum atomic E-state index is -0.552. The molecular weight excluding hydrogens is 623 g/mol. The van der Waals surface area contributed by atoms with Crippen molar-refractivity contribution in [1.82, 2.24) is 10.3 Å². The smallest absolute Gasteiger partial charge is 0.272 e. The molecule has 1 unspecified atom stereocenters. The molecule has 5 aromatic rings. The number of amides is 3. The van der Waals surface area contributed by atoms with E-state index < -0.39 is 17.1 Å². The lowest BCUT2D eigenvalue weighted by molar-refractivity contribution is -0.115. The first-order chi connectivity index (χ1) is 20.8. The molecular formula is C32H24Cl2N4O3S2. The Bertz CT molecular complexity index is 1790. The van der Waals surface area contributed by atoms with Gasteiger partial charge in [-0.05, 0) is 73.2 Å². The van der Waals surface area contributed by atoms with Crippen LogP contribution in [0.25, 0.3) is 16.3 Å². The third-order valence-electron chi connectivity index (χ3n) is 6.13. The number of benzene rings is 4. The first-order valence-electron chi connectivity index (χ1n) is 13.0. The summed E-state index contributed by atoms with van der Waals surface area (Å²) in [6.07, 6.45) is 1.47. The van der Waals surface area contributed by atoms with Crippen molar-refractivity contribution in [3.63, 3.8) is 0 Å². The van der Waals surface area contributed by atoms with Gasteiger partial charge in [-0.25, -0.2) is 4.98 Å². The highest BCUT2D eigenvalue weighted by Crippen LogP contribution is 2.30. The monoisotopic (exact) mass is 646 g/mol. The third-order valence-corrected chi connectivity index (χ3v) is 9.03. The van der Waals surface area contributed by atoms with Crippen LogP contribution in [0.1, 0.15) is 22.8 Å². The van der Waals surface area contributed by atoms with Gasteiger partial charge in [0.25, 0.3) is 11.8 Å². The molecule has 0 aliphatic heterocycles. The highest BCUT2D eigenvalue weighted by Gasteiger charge is 2.18. The van der Waals surface area contributed by atoms with Gasteiger partial charge in [0.2, 0.25) is 5.91 Å². The van der Waals surface area contributed by atoms with Crippen LogP contribution in [0, 0.1) is 0 Å². The summed E-state index contributed by atoms with van der Waals surface area (Å²) in [5, 5.41) is 9.12. The first kappa shape index (κ1) is 30.3. The van der Waals surface area contributed by atoms with Gasteiger partial charge in [-0.15, -0.1) is 11.8 Å². The third kappa shape index (κ3) is 7.82. The fourth-order valence-electron chi connectivity index (χ4n) is 3.94. The lowest BCUT2D eigenvalue weighted by Gasteiger charge is -2.13. The standard InChI is InChI=1S/C32H24Cl2N4O3S2/c1-19(29(39)38-32-37-25-12-5-6-13-27(25)43-32)42-23-16-14-22(15-17-23)35-31(41)26(18-21-10-7-11-24(33)28(21)34)36-30(40)20-8-3-2-4-9-20/h2-19H,1H3,(H,35,41)(H,36,40)(H,37,38,39)/b26-18-. The molecule has 43 heavy (non-hydrogen) atoms. The van der Waals surface area contributed by atoms with Crippen LogP contribution in [0.15, 0.2) is 108 Å². The molecule has 216 valence electrons. The molecule has 0 bridgehead atoms. The molecule has 1 heterocycles. The normalized spacial score (nSPS) is 12.0. The number of aromatic nitrogens is 1. The summed E-state index contributed by atoms with van der Waals surface area (Å²) < 4.78 is 1.00. The molecule has 11 heteroatoms. The van der Waals surface area contributed by atoms with Crippen molar-refractivity contribution in [1.29, 1.82) is 0 Å². The topological polar surface area (TPSA) is 100 Å². The van der Waals surface area contributed by atoms with Crippen LogP contribution >= 0.6 is 46.3 Å². The zero-order valence-electron chi connectivity index (χ0n) is 22.6. The number of hydrogen-bond donors (Lipinski definition) is 3. The van der Waals surface area contributed by atoms with Crippen LogP contribution in [0.4, 0.5) is 10.8 Å². The number of para-hydroxylation sites is 1. The zero-order valence-corrected chi connectivity index (χ0v) is 25.8. The maximum absolute atomic E-state index is 13.3. The molecule has 1 atom stereocenters. The number of fused-ring (bicyclic) bond motifs is 1. The van der Waals surface area contributed by atoms with Crippen molar-refractivity contribution >= 4 is 91.1 Å². The van der Waals surface area contributed by atoms with Crippen molar-refractivity contribution < 1.29 is 14.4 Å². The minimum Gasteiger partial charge on any atom is -0.321 e. The lowest BCUT2D eigenvalue weighted by Crippen LogP contribution is -2.30. The van der Waals surface area contributed by atoms with Crippen LogP contribution in [-0.4, -0.2) is 28.0 Å². The largest absolute Gasteiger partial charge is 0.321 e. The molecule has 0 fully saturated rings. The van der Waals surface area contributed by atoms with Gasteiger partial charge in [-0.2, -0.15) is 0 Å². The zero-order chi connectivity index (χ0) is 30.3. The number of rotatable bonds is 9. The molecule has 0 spiro atoms. The molecule has 4 aromatic carbocycles. The molecule has 3 N–H and O–H groups in total. The van der Waals surface area contributed by atoms with Crippen LogP contribution in [0.2, 0.25) is 10.0 Å². The number of thioether (sulfide) groups is 1. The van der Waals surface area contributed by atoms with Crippen molar-refractivity contribution in [3.8, 4) is 0 Å². The molecule has 0 saturated carbocycles. The highest BCUT2D eigenvalue weighted by atomic mass is 35.5. The maximum atomic E-state index is 13.3. The predicted octanol–water partition coefficient (Wildman–Crippen LogP) is 8.13. The summed E-state index contributed by atoms with van der Waals surface area (Å²) in [5.74, 6) is -1.17. The maximum Gasteiger partial charge on any atom is 0.272 e. The molecule has 7 nitrogen and oxygen atoms in total. The number of nitrogens with one attached hydrogen (secondary N) is 3. The van der Waals surface area contributed by atoms with E-state index >= 15 is 0 Å². The Labute approximate surface area is 266 Å². The van der Waals surface area contributed by atoms with Gasteiger partial charge >= 0.3 is 0 Å². The van der Waals surface area contributed by atoms with E-state index in [-0.39, 0.29) is 16.6 Å². The van der Waals surface area contributed by atoms with Gasteiger partial charge in [-0.1, -0.05) is 77.0 Å². The van der Waals surface area contributed by atoms with Gasteiger partial charge in [0.15, 0.2) is 5.13 Å². The predicted molar refractivity (Wildman–Crippen MR) is 177 cm³/mol. The molecule has 1 aromatic heterocycles. The summed E-state index contributed by atoms with van der Waals surface area (Å²) in [6, 6.07) is 28.3. The molecule has 0 aliphatic carbocycles. The summed E-state index contributed by atoms with van der Waals surface area (Å²) in [7, 11) is 0. The van der Waals surface area contributed by atoms with E-state index in [4.69, 9.17) is 23.2 Å². The Balaban J connectivity index is 1.26. The number of hydrogen-bond acceptors (Lipinski definition) is 6. The highest BCUT2D eigenvalue weighted by molar-refractivity contribution is 8.00. The van der Waals surface area contributed by atoms with Crippen molar-refractivity contribution in [3.05, 3.63) is 124 Å². The SMILES string of the molecule is CC(Sc1ccc(NC(=O)/C(=C/c2cccc(Cl)c2Cl)NC(=O)c2ccccc2)cc1)C(=O)Nc1nc2ccccc2s1. The summed E-state index contributed by atoms with van der Waals surface area (Å²) in [6.45, 7) is 1.82. The van der Waals surface area contributed by atoms with E-state index in [0.29, 0.717) is 27.0 Å². The van der Waals surface area contributed by atoms with E-state index in [9.17, 15) is 14.4 Å². The number of anilines is 2. The van der Waals surface area contributed by atoms with Gasteiger partial charge < -0.3 is 16.0 Å². The van der Waals surface area contributed by atoms with Gasteiger partial charge in [0.05, 0.1) is 25.5 Å². The number of carbonyl (C=O) groups is 3.